The molecule has 0 bridgehead atoms. The number of nitrogens with zero attached hydrogens (tertiary/aromatic N) is 1. The molecule has 0 aliphatic carbocycles. The van der Waals surface area contributed by atoms with Crippen molar-refractivity contribution in [2.75, 3.05) is 5.75 Å². The van der Waals surface area contributed by atoms with E-state index in [4.69, 9.17) is 0 Å². The fraction of sp³-hybridized carbons (Fsp3) is 0.133. The van der Waals surface area contributed by atoms with Crippen LogP contribution in [0.2, 0.25) is 0 Å². The molecule has 0 saturated carbocycles. The van der Waals surface area contributed by atoms with E-state index in [1.807, 2.05) is 48.5 Å². The molecule has 2 rings (SSSR count). The summed E-state index contributed by atoms with van der Waals surface area (Å²) in [7, 11) is 0. The number of thioether (sulfide) groups is 2. The second-order valence-corrected chi connectivity index (χ2v) is 6.04. The number of rotatable bonds is 5. The molecule has 0 aromatic heterocycles. The van der Waals surface area contributed by atoms with Crippen molar-refractivity contribution < 1.29 is 0 Å². The minimum absolute atomic E-state index is 0.0161. The van der Waals surface area contributed by atoms with E-state index in [1.165, 1.54) is 4.90 Å². The summed E-state index contributed by atoms with van der Waals surface area (Å²) in [5.74, 6) is 0.806. The number of benzene rings is 2. The topological polar surface area (TPSA) is 23.8 Å². The van der Waals surface area contributed by atoms with Gasteiger partial charge in [0.2, 0.25) is 0 Å². The van der Waals surface area contributed by atoms with Gasteiger partial charge in [-0.25, -0.2) is 0 Å². The van der Waals surface area contributed by atoms with Crippen LogP contribution in [0, 0.1) is 11.3 Å². The van der Waals surface area contributed by atoms with Gasteiger partial charge in [0.05, 0.1) is 6.07 Å². The highest BCUT2D eigenvalue weighted by molar-refractivity contribution is 8.03. The molecule has 1 nitrogen and oxygen atoms in total. The van der Waals surface area contributed by atoms with Crippen LogP contribution >= 0.6 is 23.5 Å². The minimum Gasteiger partial charge on any atom is -0.197 e. The lowest BCUT2D eigenvalue weighted by Gasteiger charge is -2.08. The van der Waals surface area contributed by atoms with Crippen molar-refractivity contribution in [1.29, 1.82) is 5.26 Å². The fourth-order valence-electron chi connectivity index (χ4n) is 1.45. The van der Waals surface area contributed by atoms with E-state index in [1.54, 1.807) is 23.5 Å². The molecule has 0 aliphatic rings. The van der Waals surface area contributed by atoms with Crippen molar-refractivity contribution >= 4 is 23.5 Å². The predicted molar refractivity (Wildman–Crippen MR) is 78.9 cm³/mol. The lowest BCUT2D eigenvalue weighted by atomic mass is 10.4. The van der Waals surface area contributed by atoms with Crippen LogP contribution in [0.15, 0.2) is 70.5 Å². The predicted octanol–water partition coefficient (Wildman–Crippen LogP) is 4.46. The smallest absolute Gasteiger partial charge is 0.106 e. The molecular weight excluding hydrogens is 258 g/mol. The van der Waals surface area contributed by atoms with Crippen LogP contribution in [0.25, 0.3) is 0 Å². The molecule has 18 heavy (non-hydrogen) atoms. The highest BCUT2D eigenvalue weighted by atomic mass is 32.2. The first-order chi connectivity index (χ1) is 8.88. The lowest BCUT2D eigenvalue weighted by Crippen LogP contribution is -2.02. The molecule has 0 saturated heterocycles. The molecule has 2 aromatic rings. The van der Waals surface area contributed by atoms with Gasteiger partial charge >= 0.3 is 0 Å². The Hall–Kier alpha value is -1.37. The van der Waals surface area contributed by atoms with Crippen molar-refractivity contribution in [2.45, 2.75) is 15.0 Å². The van der Waals surface area contributed by atoms with Crippen LogP contribution in [0.1, 0.15) is 0 Å². The molecule has 90 valence electrons. The molecule has 0 amide bonds. The molecule has 1 unspecified atom stereocenters. The van der Waals surface area contributed by atoms with Gasteiger partial charge in [-0.15, -0.1) is 23.5 Å². The van der Waals surface area contributed by atoms with Gasteiger partial charge in [-0.05, 0) is 24.3 Å². The molecule has 0 N–H and O–H groups in total. The summed E-state index contributed by atoms with van der Waals surface area (Å²) >= 11 is 3.36. The van der Waals surface area contributed by atoms with E-state index >= 15 is 0 Å². The summed E-state index contributed by atoms with van der Waals surface area (Å²) in [6.07, 6.45) is 0. The van der Waals surface area contributed by atoms with E-state index in [0.717, 1.165) is 10.6 Å². The van der Waals surface area contributed by atoms with Gasteiger partial charge in [-0.2, -0.15) is 5.26 Å². The van der Waals surface area contributed by atoms with Gasteiger partial charge in [0.25, 0.3) is 0 Å². The normalized spacial score (nSPS) is 11.7. The van der Waals surface area contributed by atoms with E-state index in [9.17, 15) is 5.26 Å². The van der Waals surface area contributed by atoms with Gasteiger partial charge in [-0.1, -0.05) is 36.4 Å². The summed E-state index contributed by atoms with van der Waals surface area (Å²) in [5, 5.41) is 9.17. The van der Waals surface area contributed by atoms with Crippen molar-refractivity contribution in [1.82, 2.24) is 0 Å². The van der Waals surface area contributed by atoms with Gasteiger partial charge in [0.15, 0.2) is 0 Å². The second-order valence-electron chi connectivity index (χ2n) is 3.67. The van der Waals surface area contributed by atoms with E-state index in [0.29, 0.717) is 0 Å². The van der Waals surface area contributed by atoms with E-state index < -0.39 is 0 Å². The number of nitriles is 1. The first-order valence-corrected chi connectivity index (χ1v) is 7.54. The summed E-state index contributed by atoms with van der Waals surface area (Å²) in [5.41, 5.74) is 0. The molecule has 0 spiro atoms. The highest BCUT2D eigenvalue weighted by Gasteiger charge is 2.09. The monoisotopic (exact) mass is 271 g/mol. The molecule has 0 radical (unpaired) electrons. The van der Waals surface area contributed by atoms with Gasteiger partial charge in [0.1, 0.15) is 5.25 Å². The summed E-state index contributed by atoms with van der Waals surface area (Å²) in [4.78, 5) is 2.36. The Bertz CT molecular complexity index is 505. The molecule has 1 atom stereocenters. The van der Waals surface area contributed by atoms with Crippen molar-refractivity contribution in [3.63, 3.8) is 0 Å². The largest absolute Gasteiger partial charge is 0.197 e. The summed E-state index contributed by atoms with van der Waals surface area (Å²) in [6, 6.07) is 22.6. The van der Waals surface area contributed by atoms with Crippen LogP contribution in [0.3, 0.4) is 0 Å². The zero-order valence-corrected chi connectivity index (χ0v) is 11.5. The van der Waals surface area contributed by atoms with Gasteiger partial charge in [0, 0.05) is 15.5 Å². The van der Waals surface area contributed by atoms with Gasteiger partial charge < -0.3 is 0 Å². The standard InChI is InChI=1S/C15H13NS2/c16-11-15(18-14-9-5-2-6-10-14)12-17-13-7-3-1-4-8-13/h1-10,15H,12H2. The quantitative estimate of drug-likeness (QED) is 0.750. The summed E-state index contributed by atoms with van der Waals surface area (Å²) in [6.45, 7) is 0. The van der Waals surface area contributed by atoms with Crippen LogP contribution < -0.4 is 0 Å². The maximum absolute atomic E-state index is 9.18. The zero-order chi connectivity index (χ0) is 12.6. The van der Waals surface area contributed by atoms with Crippen molar-refractivity contribution in [3.05, 3.63) is 60.7 Å². The van der Waals surface area contributed by atoms with Crippen molar-refractivity contribution in [3.8, 4) is 6.07 Å². The Morgan fingerprint density at radius 3 is 2.00 bits per heavy atom. The average molecular weight is 271 g/mol. The maximum Gasteiger partial charge on any atom is 0.106 e. The number of hydrogen-bond donors (Lipinski definition) is 0. The lowest BCUT2D eigenvalue weighted by molar-refractivity contribution is 1.24. The van der Waals surface area contributed by atoms with Crippen LogP contribution in [0.4, 0.5) is 0 Å². The first kappa shape index (κ1) is 13.1. The fourth-order valence-corrected chi connectivity index (χ4v) is 3.39. The molecule has 0 heterocycles. The highest BCUT2D eigenvalue weighted by Crippen LogP contribution is 2.27. The Balaban J connectivity index is 1.89. The maximum atomic E-state index is 9.18. The summed E-state index contributed by atoms with van der Waals surface area (Å²) < 4.78 is 0. The molecule has 0 fully saturated rings. The van der Waals surface area contributed by atoms with E-state index in [-0.39, 0.29) is 5.25 Å². The molecule has 3 heteroatoms. The Morgan fingerprint density at radius 1 is 0.889 bits per heavy atom. The number of hydrogen-bond acceptors (Lipinski definition) is 3. The minimum atomic E-state index is -0.0161. The second kappa shape index (κ2) is 7.15. The first-order valence-electron chi connectivity index (χ1n) is 5.67. The Kier molecular flexibility index (Phi) is 5.19. The van der Waals surface area contributed by atoms with Gasteiger partial charge in [-0.3, -0.25) is 0 Å². The Morgan fingerprint density at radius 2 is 1.44 bits per heavy atom. The molecule has 2 aromatic carbocycles. The van der Waals surface area contributed by atoms with Crippen molar-refractivity contribution in [2.24, 2.45) is 0 Å². The molecule has 0 aliphatic heterocycles. The molecular formula is C15H13NS2. The third-order valence-electron chi connectivity index (χ3n) is 2.31. The van der Waals surface area contributed by atoms with E-state index in [2.05, 4.69) is 18.2 Å². The van der Waals surface area contributed by atoms with Crippen LogP contribution in [-0.2, 0) is 0 Å². The average Bonchev–Trinajstić information content (AvgIpc) is 2.45. The third-order valence-corrected chi connectivity index (χ3v) is 4.73. The van der Waals surface area contributed by atoms with Crippen LogP contribution in [-0.4, -0.2) is 11.0 Å². The third kappa shape index (κ3) is 4.14. The SMILES string of the molecule is N#CC(CSc1ccccc1)Sc1ccccc1. The Labute approximate surface area is 116 Å². The van der Waals surface area contributed by atoms with Crippen LogP contribution in [0.5, 0.6) is 0 Å². The zero-order valence-electron chi connectivity index (χ0n) is 9.82.